The molecule has 0 saturated carbocycles. The summed E-state index contributed by atoms with van der Waals surface area (Å²) in [4.78, 5) is 11.1. The fourth-order valence-corrected chi connectivity index (χ4v) is 1.51. The third kappa shape index (κ3) is 2.53. The van der Waals surface area contributed by atoms with Crippen molar-refractivity contribution in [1.29, 1.82) is 0 Å². The highest BCUT2D eigenvalue weighted by atomic mass is 79.9. The lowest BCUT2D eigenvalue weighted by Gasteiger charge is -2.00. The van der Waals surface area contributed by atoms with E-state index in [9.17, 15) is 4.79 Å². The minimum atomic E-state index is -0.271. The molecule has 0 aliphatic heterocycles. The number of hydrogen-bond donors (Lipinski definition) is 1. The van der Waals surface area contributed by atoms with Crippen LogP contribution in [0, 0.1) is 0 Å². The summed E-state index contributed by atoms with van der Waals surface area (Å²) in [5.41, 5.74) is 0.889. The van der Waals surface area contributed by atoms with Crippen LogP contribution in [-0.2, 0) is 13.0 Å². The lowest BCUT2D eigenvalue weighted by atomic mass is 10.1. The molecule has 0 saturated heterocycles. The van der Waals surface area contributed by atoms with Crippen molar-refractivity contribution in [3.8, 4) is 0 Å². The zero-order valence-electron chi connectivity index (χ0n) is 7.85. The standard InChI is InChI=1S/C9H9BrN4O/c10-8-3-1-7(2-4-8)5-6-14-9(15)11-12-13-14/h1-4H,5-6H2,(H,11,13,15). The monoisotopic (exact) mass is 268 g/mol. The summed E-state index contributed by atoms with van der Waals surface area (Å²) in [5, 5.41) is 9.31. The van der Waals surface area contributed by atoms with E-state index in [0.29, 0.717) is 6.54 Å². The second-order valence-electron chi connectivity index (χ2n) is 3.11. The number of benzene rings is 1. The van der Waals surface area contributed by atoms with Gasteiger partial charge in [-0.25, -0.2) is 9.89 Å². The molecule has 0 aliphatic rings. The number of hydrogen-bond acceptors (Lipinski definition) is 3. The maximum absolute atomic E-state index is 11.1. The van der Waals surface area contributed by atoms with Gasteiger partial charge in [0.25, 0.3) is 0 Å². The van der Waals surface area contributed by atoms with Gasteiger partial charge in [0.15, 0.2) is 0 Å². The molecule has 0 atom stereocenters. The Morgan fingerprint density at radius 3 is 2.67 bits per heavy atom. The zero-order chi connectivity index (χ0) is 10.7. The van der Waals surface area contributed by atoms with Gasteiger partial charge in [0.05, 0.1) is 6.54 Å². The predicted molar refractivity (Wildman–Crippen MR) is 58.5 cm³/mol. The molecular weight excluding hydrogens is 260 g/mol. The largest absolute Gasteiger partial charge is 0.361 e. The Bertz CT molecular complexity index is 487. The Labute approximate surface area is 94.2 Å². The summed E-state index contributed by atoms with van der Waals surface area (Å²) in [5.74, 6) is 0. The first kappa shape index (κ1) is 10.1. The second kappa shape index (κ2) is 4.39. The summed E-state index contributed by atoms with van der Waals surface area (Å²) in [7, 11) is 0. The third-order valence-electron chi connectivity index (χ3n) is 2.06. The summed E-state index contributed by atoms with van der Waals surface area (Å²) >= 11 is 3.36. The van der Waals surface area contributed by atoms with Crippen molar-refractivity contribution in [1.82, 2.24) is 20.2 Å². The van der Waals surface area contributed by atoms with Gasteiger partial charge in [-0.15, -0.1) is 0 Å². The molecule has 1 N–H and O–H groups in total. The molecule has 2 rings (SSSR count). The molecule has 6 heteroatoms. The summed E-state index contributed by atoms with van der Waals surface area (Å²) < 4.78 is 2.35. The van der Waals surface area contributed by atoms with E-state index in [4.69, 9.17) is 0 Å². The fraction of sp³-hybridized carbons (Fsp3) is 0.222. The molecule has 15 heavy (non-hydrogen) atoms. The van der Waals surface area contributed by atoms with Crippen molar-refractivity contribution in [2.75, 3.05) is 0 Å². The van der Waals surface area contributed by atoms with Crippen LogP contribution in [0.1, 0.15) is 5.56 Å². The Morgan fingerprint density at radius 1 is 1.33 bits per heavy atom. The van der Waals surface area contributed by atoms with Gasteiger partial charge in [0.2, 0.25) is 0 Å². The molecule has 2 aromatic rings. The van der Waals surface area contributed by atoms with Gasteiger partial charge < -0.3 is 0 Å². The third-order valence-corrected chi connectivity index (χ3v) is 2.59. The maximum atomic E-state index is 11.1. The minimum absolute atomic E-state index is 0.271. The van der Waals surface area contributed by atoms with Crippen LogP contribution in [0.2, 0.25) is 0 Å². The molecule has 0 radical (unpaired) electrons. The van der Waals surface area contributed by atoms with E-state index in [1.54, 1.807) is 0 Å². The Morgan fingerprint density at radius 2 is 2.07 bits per heavy atom. The van der Waals surface area contributed by atoms with Crippen molar-refractivity contribution in [2.24, 2.45) is 0 Å². The SMILES string of the molecule is O=c1[nH]nnn1CCc1ccc(Br)cc1. The van der Waals surface area contributed by atoms with Crippen LogP contribution in [0.15, 0.2) is 33.5 Å². The van der Waals surface area contributed by atoms with E-state index in [0.717, 1.165) is 16.5 Å². The van der Waals surface area contributed by atoms with Crippen molar-refractivity contribution in [2.45, 2.75) is 13.0 Å². The number of rotatable bonds is 3. The molecule has 78 valence electrons. The molecule has 0 bridgehead atoms. The van der Waals surface area contributed by atoms with Crippen molar-refractivity contribution in [3.05, 3.63) is 44.8 Å². The topological polar surface area (TPSA) is 63.6 Å². The highest BCUT2D eigenvalue weighted by Crippen LogP contribution is 2.10. The molecule has 1 aromatic heterocycles. The first-order valence-corrected chi connectivity index (χ1v) is 5.27. The smallest absolute Gasteiger partial charge is 0.245 e. The molecule has 1 heterocycles. The van der Waals surface area contributed by atoms with Crippen LogP contribution in [-0.4, -0.2) is 20.2 Å². The van der Waals surface area contributed by atoms with Gasteiger partial charge >= 0.3 is 5.69 Å². The predicted octanol–water partition coefficient (Wildman–Crippen LogP) is 0.972. The summed E-state index contributed by atoms with van der Waals surface area (Å²) in [6.45, 7) is 0.539. The molecule has 0 spiro atoms. The van der Waals surface area contributed by atoms with Gasteiger partial charge in [-0.05, 0) is 34.5 Å². The van der Waals surface area contributed by atoms with Crippen molar-refractivity contribution >= 4 is 15.9 Å². The van der Waals surface area contributed by atoms with Gasteiger partial charge in [-0.3, -0.25) is 0 Å². The number of H-pyrrole nitrogens is 1. The van der Waals surface area contributed by atoms with Gasteiger partial charge in [-0.2, -0.15) is 4.68 Å². The van der Waals surface area contributed by atoms with Gasteiger partial charge in [-0.1, -0.05) is 28.1 Å². The van der Waals surface area contributed by atoms with E-state index in [2.05, 4.69) is 31.5 Å². The van der Waals surface area contributed by atoms with Crippen LogP contribution in [0.3, 0.4) is 0 Å². The Balaban J connectivity index is 2.02. The van der Waals surface area contributed by atoms with Gasteiger partial charge in [0.1, 0.15) is 0 Å². The van der Waals surface area contributed by atoms with E-state index in [-0.39, 0.29) is 5.69 Å². The fourth-order valence-electron chi connectivity index (χ4n) is 1.25. The lowest BCUT2D eigenvalue weighted by molar-refractivity contribution is 0.574. The molecule has 0 fully saturated rings. The van der Waals surface area contributed by atoms with Crippen molar-refractivity contribution < 1.29 is 0 Å². The lowest BCUT2D eigenvalue weighted by Crippen LogP contribution is -2.19. The van der Waals surface area contributed by atoms with Crippen LogP contribution in [0.4, 0.5) is 0 Å². The minimum Gasteiger partial charge on any atom is -0.245 e. The number of aromatic amines is 1. The molecule has 0 amide bonds. The number of nitrogens with one attached hydrogen (secondary N) is 1. The zero-order valence-corrected chi connectivity index (χ0v) is 9.44. The normalized spacial score (nSPS) is 10.5. The van der Waals surface area contributed by atoms with Crippen LogP contribution < -0.4 is 5.69 Å². The van der Waals surface area contributed by atoms with Crippen LogP contribution >= 0.6 is 15.9 Å². The average Bonchev–Trinajstić information content (AvgIpc) is 2.63. The molecule has 0 aliphatic carbocycles. The second-order valence-corrected chi connectivity index (χ2v) is 4.02. The number of halogens is 1. The molecule has 1 aromatic carbocycles. The van der Waals surface area contributed by atoms with Gasteiger partial charge in [0, 0.05) is 4.47 Å². The molecule has 0 unspecified atom stereocenters. The highest BCUT2D eigenvalue weighted by molar-refractivity contribution is 9.10. The van der Waals surface area contributed by atoms with Crippen molar-refractivity contribution in [3.63, 3.8) is 0 Å². The van der Waals surface area contributed by atoms with E-state index in [1.165, 1.54) is 4.68 Å². The van der Waals surface area contributed by atoms with E-state index < -0.39 is 0 Å². The van der Waals surface area contributed by atoms with Crippen LogP contribution in [0.25, 0.3) is 0 Å². The first-order valence-electron chi connectivity index (χ1n) is 4.48. The molecular formula is C9H9BrN4O. The van der Waals surface area contributed by atoms with E-state index in [1.807, 2.05) is 24.3 Å². The summed E-state index contributed by atoms with van der Waals surface area (Å²) in [6.07, 6.45) is 0.764. The number of aryl methyl sites for hydroxylation is 2. The van der Waals surface area contributed by atoms with E-state index >= 15 is 0 Å². The van der Waals surface area contributed by atoms with Crippen LogP contribution in [0.5, 0.6) is 0 Å². The number of aromatic nitrogens is 4. The average molecular weight is 269 g/mol. The number of nitrogens with zero attached hydrogens (tertiary/aromatic N) is 3. The quantitative estimate of drug-likeness (QED) is 0.903. The summed E-state index contributed by atoms with van der Waals surface area (Å²) in [6, 6.07) is 7.96. The highest BCUT2D eigenvalue weighted by Gasteiger charge is 1.99. The Hall–Kier alpha value is -1.43. The molecule has 5 nitrogen and oxygen atoms in total. The maximum Gasteiger partial charge on any atom is 0.361 e. The first-order chi connectivity index (χ1) is 7.25. The Kier molecular flexibility index (Phi) is 2.96. The number of tetrazole rings is 1.